The number of nitrogens with two attached hydrogens (primary N) is 1. The molecule has 0 atom stereocenters. The molecule has 0 aliphatic heterocycles. The van der Waals surface area contributed by atoms with E-state index in [1.165, 1.54) is 10.1 Å². The molecule has 0 spiro atoms. The first kappa shape index (κ1) is 9.75. The van der Waals surface area contributed by atoms with Crippen LogP contribution in [0, 0.1) is 11.8 Å². The topological polar surface area (TPSA) is 43.1 Å². The zero-order valence-corrected chi connectivity index (χ0v) is 8.80. The van der Waals surface area contributed by atoms with E-state index in [9.17, 15) is 4.79 Å². The molecule has 1 aromatic heterocycles. The third kappa shape index (κ3) is 2.36. The van der Waals surface area contributed by atoms with Gasteiger partial charge >= 0.3 is 0 Å². The van der Waals surface area contributed by atoms with Gasteiger partial charge in [0.1, 0.15) is 0 Å². The van der Waals surface area contributed by atoms with Crippen molar-refractivity contribution in [3.05, 3.63) is 35.2 Å². The van der Waals surface area contributed by atoms with Crippen LogP contribution in [0.4, 0.5) is 0 Å². The molecule has 2 rings (SSSR count). The predicted octanol–water partition coefficient (Wildman–Crippen LogP) is 2.13. The summed E-state index contributed by atoms with van der Waals surface area (Å²) >= 11 is 1.70. The highest BCUT2D eigenvalue weighted by Gasteiger charge is 1.94. The lowest BCUT2D eigenvalue weighted by molar-refractivity contribution is -0.117. The molecular weight excluding hydrogens is 206 g/mol. The molecule has 2 N–H and O–H groups in total. The fourth-order valence-electron chi connectivity index (χ4n) is 1.28. The maximum absolute atomic E-state index is 10.5. The average Bonchev–Trinajstić information content (AvgIpc) is 2.64. The Labute approximate surface area is 91.7 Å². The van der Waals surface area contributed by atoms with Crippen LogP contribution in [0.5, 0.6) is 0 Å². The van der Waals surface area contributed by atoms with Crippen molar-refractivity contribution in [2.24, 2.45) is 5.73 Å². The van der Waals surface area contributed by atoms with E-state index < -0.39 is 0 Å². The molecule has 0 radical (unpaired) electrons. The molecule has 74 valence electrons. The summed E-state index contributed by atoms with van der Waals surface area (Å²) in [5.74, 6) is 5.26. The van der Waals surface area contributed by atoms with Crippen LogP contribution in [0.15, 0.2) is 29.6 Å². The molecule has 0 saturated heterocycles. The molecule has 0 unspecified atom stereocenters. The van der Waals surface area contributed by atoms with Crippen molar-refractivity contribution in [1.29, 1.82) is 0 Å². The van der Waals surface area contributed by atoms with Crippen molar-refractivity contribution < 1.29 is 4.79 Å². The highest BCUT2D eigenvalue weighted by Crippen LogP contribution is 2.21. The molecule has 1 amide bonds. The Bertz CT molecular complexity index is 559. The molecule has 15 heavy (non-hydrogen) atoms. The molecule has 1 aromatic carbocycles. The van der Waals surface area contributed by atoms with E-state index in [1.807, 2.05) is 23.6 Å². The highest BCUT2D eigenvalue weighted by molar-refractivity contribution is 7.17. The molecule has 1 heterocycles. The minimum Gasteiger partial charge on any atom is -0.369 e. The molecule has 0 saturated carbocycles. The Morgan fingerprint density at radius 2 is 2.27 bits per heavy atom. The Morgan fingerprint density at radius 1 is 1.40 bits per heavy atom. The fraction of sp³-hybridized carbons (Fsp3) is 0.0833. The number of hydrogen-bond acceptors (Lipinski definition) is 2. The number of carbonyl (C=O) groups excluding carboxylic acids is 1. The summed E-state index contributed by atoms with van der Waals surface area (Å²) in [7, 11) is 0. The predicted molar refractivity (Wildman–Crippen MR) is 62.5 cm³/mol. The maximum Gasteiger partial charge on any atom is 0.229 e. The van der Waals surface area contributed by atoms with Crippen molar-refractivity contribution in [3.63, 3.8) is 0 Å². The van der Waals surface area contributed by atoms with Gasteiger partial charge in [-0.2, -0.15) is 0 Å². The fourth-order valence-corrected chi connectivity index (χ4v) is 2.05. The van der Waals surface area contributed by atoms with Gasteiger partial charge in [0.25, 0.3) is 0 Å². The van der Waals surface area contributed by atoms with Crippen LogP contribution in [0.25, 0.3) is 10.1 Å². The number of primary amides is 1. The van der Waals surface area contributed by atoms with Gasteiger partial charge in [-0.25, -0.2) is 0 Å². The second-order valence-corrected chi connectivity index (χ2v) is 4.07. The van der Waals surface area contributed by atoms with Crippen LogP contribution < -0.4 is 5.73 Å². The molecule has 3 heteroatoms. The summed E-state index contributed by atoms with van der Waals surface area (Å²) in [4.78, 5) is 10.5. The van der Waals surface area contributed by atoms with Crippen molar-refractivity contribution >= 4 is 27.3 Å². The lowest BCUT2D eigenvalue weighted by Gasteiger charge is -1.90. The van der Waals surface area contributed by atoms with Gasteiger partial charge in [0.2, 0.25) is 5.91 Å². The number of thiophene rings is 1. The van der Waals surface area contributed by atoms with Gasteiger partial charge in [0.15, 0.2) is 0 Å². The van der Waals surface area contributed by atoms with E-state index in [1.54, 1.807) is 11.3 Å². The zero-order valence-electron chi connectivity index (χ0n) is 7.99. The molecule has 0 bridgehead atoms. The van der Waals surface area contributed by atoms with E-state index in [0.29, 0.717) is 0 Å². The Morgan fingerprint density at radius 3 is 3.07 bits per heavy atom. The number of amides is 1. The van der Waals surface area contributed by atoms with Crippen LogP contribution in [0.3, 0.4) is 0 Å². The first-order chi connectivity index (χ1) is 7.25. The highest BCUT2D eigenvalue weighted by atomic mass is 32.1. The molecular formula is C12H9NOS. The number of rotatable bonds is 1. The molecule has 2 aromatic rings. The summed E-state index contributed by atoms with van der Waals surface area (Å²) in [6.07, 6.45) is 0.113. The lowest BCUT2D eigenvalue weighted by Crippen LogP contribution is -2.08. The first-order valence-electron chi connectivity index (χ1n) is 4.50. The van der Waals surface area contributed by atoms with E-state index >= 15 is 0 Å². The lowest BCUT2D eigenvalue weighted by atomic mass is 10.2. The zero-order chi connectivity index (χ0) is 10.7. The Kier molecular flexibility index (Phi) is 2.70. The number of benzene rings is 1. The van der Waals surface area contributed by atoms with Crippen molar-refractivity contribution in [3.8, 4) is 11.8 Å². The Balaban J connectivity index is 2.27. The molecule has 0 aliphatic rings. The van der Waals surface area contributed by atoms with E-state index in [0.717, 1.165) is 5.56 Å². The van der Waals surface area contributed by atoms with E-state index in [4.69, 9.17) is 5.73 Å². The SMILES string of the molecule is NC(=O)CC#Cc1ccc2sccc2c1. The van der Waals surface area contributed by atoms with Gasteiger partial charge in [-0.15, -0.1) is 11.3 Å². The third-order valence-corrected chi connectivity index (χ3v) is 2.85. The average molecular weight is 215 g/mol. The van der Waals surface area contributed by atoms with Gasteiger partial charge in [-0.1, -0.05) is 11.8 Å². The minimum absolute atomic E-state index is 0.113. The molecule has 0 fully saturated rings. The largest absolute Gasteiger partial charge is 0.369 e. The van der Waals surface area contributed by atoms with Crippen molar-refractivity contribution in [1.82, 2.24) is 0 Å². The number of carbonyl (C=O) groups is 1. The summed E-state index contributed by atoms with van der Waals surface area (Å²) in [5, 5.41) is 3.23. The quantitative estimate of drug-likeness (QED) is 0.727. The molecule has 2 nitrogen and oxygen atoms in total. The minimum atomic E-state index is -0.390. The van der Waals surface area contributed by atoms with Crippen LogP contribution in [0.2, 0.25) is 0 Å². The summed E-state index contributed by atoms with van der Waals surface area (Å²) < 4.78 is 1.25. The van der Waals surface area contributed by atoms with E-state index in [-0.39, 0.29) is 12.3 Å². The van der Waals surface area contributed by atoms with E-state index in [2.05, 4.69) is 17.9 Å². The second kappa shape index (κ2) is 4.16. The van der Waals surface area contributed by atoms with Crippen LogP contribution >= 0.6 is 11.3 Å². The standard InChI is InChI=1S/C12H9NOS/c13-12(14)3-1-2-9-4-5-11-10(8-9)6-7-15-11/h4-8H,3H2,(H2,13,14). The number of fused-ring (bicyclic) bond motifs is 1. The van der Waals surface area contributed by atoms with Gasteiger partial charge < -0.3 is 5.73 Å². The first-order valence-corrected chi connectivity index (χ1v) is 5.38. The monoisotopic (exact) mass is 215 g/mol. The maximum atomic E-state index is 10.5. The normalized spacial score (nSPS) is 9.60. The van der Waals surface area contributed by atoms with Crippen LogP contribution in [-0.4, -0.2) is 5.91 Å². The van der Waals surface area contributed by atoms with Crippen LogP contribution in [0.1, 0.15) is 12.0 Å². The van der Waals surface area contributed by atoms with Gasteiger partial charge in [-0.3, -0.25) is 4.79 Å². The van der Waals surface area contributed by atoms with Crippen molar-refractivity contribution in [2.45, 2.75) is 6.42 Å². The van der Waals surface area contributed by atoms with Gasteiger partial charge in [0, 0.05) is 10.3 Å². The number of hydrogen-bond donors (Lipinski definition) is 1. The third-order valence-electron chi connectivity index (χ3n) is 1.95. The van der Waals surface area contributed by atoms with Gasteiger partial charge in [0.05, 0.1) is 6.42 Å². The second-order valence-electron chi connectivity index (χ2n) is 3.12. The van der Waals surface area contributed by atoms with Crippen molar-refractivity contribution in [2.75, 3.05) is 0 Å². The summed E-state index contributed by atoms with van der Waals surface area (Å²) in [6, 6.07) is 8.06. The van der Waals surface area contributed by atoms with Gasteiger partial charge in [-0.05, 0) is 35.0 Å². The summed E-state index contributed by atoms with van der Waals surface area (Å²) in [6.45, 7) is 0. The Hall–Kier alpha value is -1.79. The van der Waals surface area contributed by atoms with Crippen LogP contribution in [-0.2, 0) is 4.79 Å². The molecule has 0 aliphatic carbocycles. The smallest absolute Gasteiger partial charge is 0.229 e. The summed E-state index contributed by atoms with van der Waals surface area (Å²) in [5.41, 5.74) is 5.91.